The molecule has 0 aliphatic carbocycles. The molecule has 3 atom stereocenters. The van der Waals surface area contributed by atoms with Gasteiger partial charge in [0.1, 0.15) is 0 Å². The first kappa shape index (κ1) is 24.1. The molecule has 0 bridgehead atoms. The summed E-state index contributed by atoms with van der Waals surface area (Å²) in [7, 11) is 0. The molecular weight excluding hydrogens is 296 g/mol. The molecule has 5 N–H and O–H groups in total. The topological polar surface area (TPSA) is 113 Å². The monoisotopic (exact) mass is 332 g/mol. The van der Waals surface area contributed by atoms with Gasteiger partial charge in [-0.25, -0.2) is 0 Å². The molecule has 0 saturated heterocycles. The third kappa shape index (κ3) is 15.5. The van der Waals surface area contributed by atoms with Gasteiger partial charge in [-0.3, -0.25) is 9.59 Å². The van der Waals surface area contributed by atoms with E-state index in [0.717, 1.165) is 12.8 Å². The fourth-order valence-electron chi connectivity index (χ4n) is 2.10. The molecule has 0 saturated carbocycles. The lowest BCUT2D eigenvalue weighted by molar-refractivity contribution is -0.141. The first-order chi connectivity index (χ1) is 10.5. The molecule has 0 rings (SSSR count). The SMILES string of the molecule is CC(C)C[C@H](C)C(=O)NCC(O)CN.CC(C)C[C@H](C)C(=O)O. The first-order valence-electron chi connectivity index (χ1n) is 8.39. The summed E-state index contributed by atoms with van der Waals surface area (Å²) in [6, 6.07) is 0. The van der Waals surface area contributed by atoms with Gasteiger partial charge in [-0.2, -0.15) is 0 Å². The third-order valence-electron chi connectivity index (χ3n) is 3.30. The van der Waals surface area contributed by atoms with Crippen LogP contribution in [-0.2, 0) is 9.59 Å². The first-order valence-corrected chi connectivity index (χ1v) is 8.39. The van der Waals surface area contributed by atoms with E-state index in [4.69, 9.17) is 15.9 Å². The molecule has 0 aromatic carbocycles. The predicted molar refractivity (Wildman–Crippen MR) is 92.9 cm³/mol. The zero-order valence-corrected chi connectivity index (χ0v) is 15.5. The Kier molecular flexibility index (Phi) is 14.0. The lowest BCUT2D eigenvalue weighted by Crippen LogP contribution is -2.38. The van der Waals surface area contributed by atoms with Gasteiger partial charge < -0.3 is 21.3 Å². The highest BCUT2D eigenvalue weighted by molar-refractivity contribution is 5.78. The van der Waals surface area contributed by atoms with Crippen LogP contribution < -0.4 is 11.1 Å². The average Bonchev–Trinajstić information content (AvgIpc) is 2.43. The van der Waals surface area contributed by atoms with Gasteiger partial charge in [0, 0.05) is 19.0 Å². The maximum Gasteiger partial charge on any atom is 0.306 e. The summed E-state index contributed by atoms with van der Waals surface area (Å²) >= 11 is 0. The largest absolute Gasteiger partial charge is 0.481 e. The Morgan fingerprint density at radius 2 is 1.39 bits per heavy atom. The zero-order valence-electron chi connectivity index (χ0n) is 15.5. The van der Waals surface area contributed by atoms with E-state index >= 15 is 0 Å². The number of aliphatic carboxylic acids is 1. The number of carbonyl (C=O) groups excluding carboxylic acids is 1. The van der Waals surface area contributed by atoms with E-state index in [1.54, 1.807) is 6.92 Å². The number of aliphatic hydroxyl groups excluding tert-OH is 1. The second-order valence-electron chi connectivity index (χ2n) is 7.03. The summed E-state index contributed by atoms with van der Waals surface area (Å²) in [4.78, 5) is 21.7. The number of hydrogen-bond donors (Lipinski definition) is 4. The molecule has 6 heteroatoms. The normalized spacial score (nSPS) is 14.7. The average molecular weight is 332 g/mol. The second-order valence-corrected chi connectivity index (χ2v) is 7.03. The smallest absolute Gasteiger partial charge is 0.306 e. The molecule has 0 spiro atoms. The maximum absolute atomic E-state index is 11.4. The van der Waals surface area contributed by atoms with Gasteiger partial charge in [0.2, 0.25) is 5.91 Å². The van der Waals surface area contributed by atoms with Crippen LogP contribution in [0.3, 0.4) is 0 Å². The van der Waals surface area contributed by atoms with Crippen LogP contribution in [0.2, 0.25) is 0 Å². The number of rotatable bonds is 9. The van der Waals surface area contributed by atoms with Crippen LogP contribution in [0.15, 0.2) is 0 Å². The maximum atomic E-state index is 11.4. The van der Waals surface area contributed by atoms with Crippen molar-refractivity contribution in [2.45, 2.75) is 60.5 Å². The minimum Gasteiger partial charge on any atom is -0.481 e. The van der Waals surface area contributed by atoms with Crippen molar-refractivity contribution < 1.29 is 19.8 Å². The van der Waals surface area contributed by atoms with Gasteiger partial charge in [-0.15, -0.1) is 0 Å². The zero-order chi connectivity index (χ0) is 18.6. The Labute approximate surface area is 140 Å². The van der Waals surface area contributed by atoms with Crippen molar-refractivity contribution in [2.75, 3.05) is 13.1 Å². The molecule has 0 fully saturated rings. The van der Waals surface area contributed by atoms with Crippen molar-refractivity contribution in [3.8, 4) is 0 Å². The molecule has 23 heavy (non-hydrogen) atoms. The molecule has 0 heterocycles. The number of carbonyl (C=O) groups is 2. The van der Waals surface area contributed by atoms with E-state index in [9.17, 15) is 9.59 Å². The van der Waals surface area contributed by atoms with Gasteiger partial charge in [0.05, 0.1) is 12.0 Å². The van der Waals surface area contributed by atoms with Crippen molar-refractivity contribution in [3.05, 3.63) is 0 Å². The number of carboxylic acid groups (broad SMARTS) is 1. The molecule has 1 unspecified atom stereocenters. The van der Waals surface area contributed by atoms with E-state index < -0.39 is 12.1 Å². The van der Waals surface area contributed by atoms with E-state index in [1.165, 1.54) is 0 Å². The fraction of sp³-hybridized carbons (Fsp3) is 0.882. The van der Waals surface area contributed by atoms with Crippen LogP contribution in [0, 0.1) is 23.7 Å². The third-order valence-corrected chi connectivity index (χ3v) is 3.30. The number of nitrogens with two attached hydrogens (primary N) is 1. The molecule has 1 amide bonds. The van der Waals surface area contributed by atoms with Crippen LogP contribution in [0.4, 0.5) is 0 Å². The van der Waals surface area contributed by atoms with Crippen LogP contribution >= 0.6 is 0 Å². The van der Waals surface area contributed by atoms with Crippen molar-refractivity contribution in [3.63, 3.8) is 0 Å². The van der Waals surface area contributed by atoms with E-state index in [2.05, 4.69) is 19.2 Å². The quantitative estimate of drug-likeness (QED) is 0.515. The van der Waals surface area contributed by atoms with Crippen LogP contribution in [0.1, 0.15) is 54.4 Å². The Bertz CT molecular complexity index is 333. The summed E-state index contributed by atoms with van der Waals surface area (Å²) < 4.78 is 0. The summed E-state index contributed by atoms with van der Waals surface area (Å²) in [5.41, 5.74) is 5.21. The molecular formula is C17H36N2O4. The lowest BCUT2D eigenvalue weighted by atomic mass is 9.98. The highest BCUT2D eigenvalue weighted by atomic mass is 16.4. The van der Waals surface area contributed by atoms with Crippen LogP contribution in [-0.4, -0.2) is 41.3 Å². The number of amides is 1. The summed E-state index contributed by atoms with van der Waals surface area (Å²) in [5, 5.41) is 20.2. The number of aliphatic hydroxyl groups is 1. The van der Waals surface area contributed by atoms with Crippen molar-refractivity contribution >= 4 is 11.9 Å². The standard InChI is InChI=1S/C10H22N2O2.C7H14O2/c1-7(2)4-8(3)10(14)12-6-9(13)5-11;1-5(2)4-6(3)7(8)9/h7-9,13H,4-6,11H2,1-3H3,(H,12,14);5-6H,4H2,1-3H3,(H,8,9)/t8-,9?;6-/m00/s1. The Balaban J connectivity index is 0. The van der Waals surface area contributed by atoms with Crippen LogP contribution in [0.5, 0.6) is 0 Å². The predicted octanol–water partition coefficient (Wildman–Crippen LogP) is 1.86. The minimum absolute atomic E-state index is 0.0000236. The van der Waals surface area contributed by atoms with E-state index in [1.807, 2.05) is 20.8 Å². The molecule has 0 aromatic heterocycles. The Hall–Kier alpha value is -1.14. The van der Waals surface area contributed by atoms with Gasteiger partial charge in [-0.1, -0.05) is 41.5 Å². The number of carboxylic acids is 1. The number of hydrogen-bond acceptors (Lipinski definition) is 4. The molecule has 0 aliphatic rings. The highest BCUT2D eigenvalue weighted by Gasteiger charge is 2.14. The fourth-order valence-corrected chi connectivity index (χ4v) is 2.10. The molecule has 138 valence electrons. The lowest BCUT2D eigenvalue weighted by Gasteiger charge is -2.15. The second kappa shape index (κ2) is 13.3. The van der Waals surface area contributed by atoms with Gasteiger partial charge in [0.25, 0.3) is 0 Å². The molecule has 0 aromatic rings. The van der Waals surface area contributed by atoms with Crippen molar-refractivity contribution in [1.82, 2.24) is 5.32 Å². The molecule has 6 nitrogen and oxygen atoms in total. The van der Waals surface area contributed by atoms with Gasteiger partial charge in [-0.05, 0) is 24.7 Å². The van der Waals surface area contributed by atoms with Gasteiger partial charge >= 0.3 is 5.97 Å². The summed E-state index contributed by atoms with van der Waals surface area (Å²) in [5.74, 6) is 0.103. The molecule has 0 radical (unpaired) electrons. The molecule has 0 aliphatic heterocycles. The van der Waals surface area contributed by atoms with Crippen LogP contribution in [0.25, 0.3) is 0 Å². The Morgan fingerprint density at radius 3 is 1.70 bits per heavy atom. The Morgan fingerprint density at radius 1 is 0.957 bits per heavy atom. The minimum atomic E-state index is -0.691. The summed E-state index contributed by atoms with van der Waals surface area (Å²) in [6.07, 6.45) is 1.00. The summed E-state index contributed by atoms with van der Waals surface area (Å²) in [6.45, 7) is 12.3. The van der Waals surface area contributed by atoms with Gasteiger partial charge in [0.15, 0.2) is 0 Å². The highest BCUT2D eigenvalue weighted by Crippen LogP contribution is 2.10. The number of nitrogens with one attached hydrogen (secondary N) is 1. The van der Waals surface area contributed by atoms with Crippen molar-refractivity contribution in [1.29, 1.82) is 0 Å². The van der Waals surface area contributed by atoms with E-state index in [-0.39, 0.29) is 30.8 Å². The van der Waals surface area contributed by atoms with E-state index in [0.29, 0.717) is 11.8 Å². The van der Waals surface area contributed by atoms with Crippen molar-refractivity contribution in [2.24, 2.45) is 29.4 Å².